The Kier molecular flexibility index (Phi) is 4.99. The monoisotopic (exact) mass is 248 g/mol. The quantitative estimate of drug-likeness (QED) is 0.377. The van der Waals surface area contributed by atoms with Gasteiger partial charge in [0.15, 0.2) is 11.4 Å². The minimum atomic E-state index is -0.510. The van der Waals surface area contributed by atoms with Crippen LogP contribution in [0.5, 0.6) is 0 Å². The van der Waals surface area contributed by atoms with Gasteiger partial charge in [-0.3, -0.25) is 5.32 Å². The van der Waals surface area contributed by atoms with Crippen molar-refractivity contribution in [3.8, 4) is 12.3 Å². The summed E-state index contributed by atoms with van der Waals surface area (Å²) < 4.78 is 13.6. The van der Waals surface area contributed by atoms with Gasteiger partial charge in [-0.25, -0.2) is 9.38 Å². The Hall–Kier alpha value is -2.05. The number of rotatable bonds is 2. The summed E-state index contributed by atoms with van der Waals surface area (Å²) in [6, 6.07) is 6.33. The van der Waals surface area contributed by atoms with Crippen molar-refractivity contribution in [1.29, 1.82) is 10.5 Å². The molecule has 0 aromatic heterocycles. The largest absolute Gasteiger partial charge is 0.271 e. The van der Waals surface area contributed by atoms with E-state index in [2.05, 4.69) is 10.3 Å². The molecule has 17 heavy (non-hydrogen) atoms. The summed E-state index contributed by atoms with van der Waals surface area (Å²) in [7, 11) is 0. The molecule has 0 aliphatic carbocycles. The number of benzene rings is 1. The third-order valence-corrected chi connectivity index (χ3v) is 2.45. The van der Waals surface area contributed by atoms with Crippen molar-refractivity contribution in [2.45, 2.75) is 6.42 Å². The van der Waals surface area contributed by atoms with Crippen molar-refractivity contribution in [3.05, 3.63) is 29.6 Å². The van der Waals surface area contributed by atoms with Crippen LogP contribution in [0.2, 0.25) is 0 Å². The average Bonchev–Trinajstić information content (AvgIpc) is 2.32. The first-order valence-electron chi connectivity index (χ1n) is 4.64. The van der Waals surface area contributed by atoms with Gasteiger partial charge in [-0.2, -0.15) is 10.5 Å². The first kappa shape index (κ1) is 13.0. The highest BCUT2D eigenvalue weighted by molar-refractivity contribution is 8.13. The number of hydrogen-bond donors (Lipinski definition) is 1. The number of nitriles is 2. The Labute approximate surface area is 103 Å². The van der Waals surface area contributed by atoms with Crippen LogP contribution in [0.25, 0.3) is 0 Å². The maximum atomic E-state index is 13.6. The molecule has 0 aliphatic heterocycles. The van der Waals surface area contributed by atoms with Crippen LogP contribution in [0, 0.1) is 28.6 Å². The molecule has 0 radical (unpaired) electrons. The van der Waals surface area contributed by atoms with E-state index < -0.39 is 5.82 Å². The number of nitrogens with zero attached hydrogens (tertiary/aromatic N) is 3. The van der Waals surface area contributed by atoms with Crippen molar-refractivity contribution >= 4 is 22.6 Å². The van der Waals surface area contributed by atoms with E-state index in [4.69, 9.17) is 10.5 Å². The lowest BCUT2D eigenvalue weighted by Crippen LogP contribution is -2.12. The normalized spacial score (nSPS) is 10.5. The molecule has 1 aromatic carbocycles. The molecule has 1 aromatic rings. The van der Waals surface area contributed by atoms with Crippen LogP contribution in [0.15, 0.2) is 23.2 Å². The molecule has 0 spiro atoms. The fraction of sp³-hybridized carbons (Fsp3) is 0.182. The molecule has 86 valence electrons. The number of hydrogen-bond acceptors (Lipinski definition) is 4. The third-order valence-electron chi connectivity index (χ3n) is 1.87. The molecule has 0 bridgehead atoms. The van der Waals surface area contributed by atoms with E-state index in [0.717, 1.165) is 0 Å². The molecule has 0 amide bonds. The standard InChI is InChI=1S/C11H9FN4S/c1-17-11(15-7-14)16-10-3-2-8(4-5-13)6-9(10)12/h2-3,6H,4H2,1H3,(H,15,16). The molecule has 4 nitrogen and oxygen atoms in total. The SMILES string of the molecule is CSC(=Nc1ccc(CC#N)cc1F)NC#N. The highest BCUT2D eigenvalue weighted by Crippen LogP contribution is 2.20. The van der Waals surface area contributed by atoms with Gasteiger partial charge in [0.1, 0.15) is 11.5 Å². The third kappa shape index (κ3) is 3.78. The summed E-state index contributed by atoms with van der Waals surface area (Å²) >= 11 is 1.21. The summed E-state index contributed by atoms with van der Waals surface area (Å²) in [4.78, 5) is 3.96. The Morgan fingerprint density at radius 2 is 2.29 bits per heavy atom. The molecule has 0 unspecified atom stereocenters. The molecule has 0 fully saturated rings. The fourth-order valence-electron chi connectivity index (χ4n) is 1.12. The van der Waals surface area contributed by atoms with Gasteiger partial charge in [0.2, 0.25) is 0 Å². The number of nitrogens with one attached hydrogen (secondary N) is 1. The first-order chi connectivity index (χ1) is 8.21. The lowest BCUT2D eigenvalue weighted by Gasteiger charge is -2.02. The molecule has 1 N–H and O–H groups in total. The van der Waals surface area contributed by atoms with E-state index in [9.17, 15) is 4.39 Å². The van der Waals surface area contributed by atoms with Crippen molar-refractivity contribution in [1.82, 2.24) is 5.32 Å². The summed E-state index contributed by atoms with van der Waals surface area (Å²) in [5.74, 6) is -0.510. The lowest BCUT2D eigenvalue weighted by atomic mass is 10.1. The highest BCUT2D eigenvalue weighted by Gasteiger charge is 2.04. The number of thioether (sulfide) groups is 1. The zero-order valence-electron chi connectivity index (χ0n) is 9.07. The van der Waals surface area contributed by atoms with E-state index in [-0.39, 0.29) is 12.1 Å². The first-order valence-corrected chi connectivity index (χ1v) is 5.87. The minimum Gasteiger partial charge on any atom is -0.271 e. The molecule has 0 saturated carbocycles. The van der Waals surface area contributed by atoms with E-state index in [1.54, 1.807) is 18.5 Å². The van der Waals surface area contributed by atoms with Gasteiger partial charge >= 0.3 is 0 Å². The van der Waals surface area contributed by atoms with Crippen LogP contribution < -0.4 is 5.32 Å². The second-order valence-electron chi connectivity index (χ2n) is 2.98. The van der Waals surface area contributed by atoms with E-state index >= 15 is 0 Å². The predicted molar refractivity (Wildman–Crippen MR) is 65.1 cm³/mol. The summed E-state index contributed by atoms with van der Waals surface area (Å²) in [6.45, 7) is 0. The molecule has 0 saturated heterocycles. The molecule has 0 atom stereocenters. The van der Waals surface area contributed by atoms with Gasteiger partial charge < -0.3 is 0 Å². The number of aliphatic imine (C=N–C) groups is 1. The van der Waals surface area contributed by atoms with Crippen molar-refractivity contribution in [2.75, 3.05) is 6.26 Å². The van der Waals surface area contributed by atoms with Crippen LogP contribution in [0.3, 0.4) is 0 Å². The highest BCUT2D eigenvalue weighted by atomic mass is 32.2. The second-order valence-corrected chi connectivity index (χ2v) is 3.77. The van der Waals surface area contributed by atoms with Crippen LogP contribution in [-0.2, 0) is 6.42 Å². The van der Waals surface area contributed by atoms with Gasteiger partial charge in [0.05, 0.1) is 12.5 Å². The predicted octanol–water partition coefficient (Wildman–Crippen LogP) is 2.31. The van der Waals surface area contributed by atoms with Crippen molar-refractivity contribution in [2.24, 2.45) is 4.99 Å². The molecule has 6 heteroatoms. The molecular formula is C11H9FN4S. The minimum absolute atomic E-state index is 0.138. The Morgan fingerprint density at radius 3 is 2.82 bits per heavy atom. The van der Waals surface area contributed by atoms with Gasteiger partial charge in [-0.15, -0.1) is 0 Å². The molecule has 1 rings (SSSR count). The van der Waals surface area contributed by atoms with Gasteiger partial charge in [0, 0.05) is 0 Å². The molecular weight excluding hydrogens is 239 g/mol. The number of halogens is 1. The lowest BCUT2D eigenvalue weighted by molar-refractivity contribution is 0.628. The van der Waals surface area contributed by atoms with E-state index in [0.29, 0.717) is 10.7 Å². The fourth-order valence-corrected chi connectivity index (χ4v) is 1.46. The van der Waals surface area contributed by atoms with Gasteiger partial charge in [-0.1, -0.05) is 17.8 Å². The average molecular weight is 248 g/mol. The van der Waals surface area contributed by atoms with Crippen LogP contribution >= 0.6 is 11.8 Å². The maximum absolute atomic E-state index is 13.6. The van der Waals surface area contributed by atoms with E-state index in [1.807, 2.05) is 6.07 Å². The molecule has 0 aliphatic rings. The summed E-state index contributed by atoms with van der Waals surface area (Å²) in [5.41, 5.74) is 0.738. The summed E-state index contributed by atoms with van der Waals surface area (Å²) in [5, 5.41) is 19.6. The maximum Gasteiger partial charge on any atom is 0.183 e. The van der Waals surface area contributed by atoms with Crippen molar-refractivity contribution in [3.63, 3.8) is 0 Å². The van der Waals surface area contributed by atoms with Crippen LogP contribution in [0.4, 0.5) is 10.1 Å². The Balaban J connectivity index is 3.00. The Morgan fingerprint density at radius 1 is 1.53 bits per heavy atom. The smallest absolute Gasteiger partial charge is 0.183 e. The van der Waals surface area contributed by atoms with Crippen LogP contribution in [-0.4, -0.2) is 11.4 Å². The van der Waals surface area contributed by atoms with E-state index in [1.165, 1.54) is 23.9 Å². The molecule has 0 heterocycles. The Bertz CT molecular complexity index is 513. The second kappa shape index (κ2) is 6.51. The number of amidine groups is 1. The van der Waals surface area contributed by atoms with Gasteiger partial charge in [-0.05, 0) is 24.0 Å². The zero-order valence-corrected chi connectivity index (χ0v) is 9.88. The van der Waals surface area contributed by atoms with Crippen LogP contribution in [0.1, 0.15) is 5.56 Å². The van der Waals surface area contributed by atoms with Gasteiger partial charge in [0.25, 0.3) is 0 Å². The van der Waals surface area contributed by atoms with Crippen molar-refractivity contribution < 1.29 is 4.39 Å². The zero-order chi connectivity index (χ0) is 12.7. The summed E-state index contributed by atoms with van der Waals surface area (Å²) in [6.07, 6.45) is 3.61. The topological polar surface area (TPSA) is 72.0 Å².